The molecular weight excluding hydrogens is 452 g/mol. The number of amides is 1. The summed E-state index contributed by atoms with van der Waals surface area (Å²) < 4.78 is 0. The molecule has 0 bridgehead atoms. The summed E-state index contributed by atoms with van der Waals surface area (Å²) in [5, 5.41) is 1.30. The zero-order valence-electron chi connectivity index (χ0n) is 21.4. The van der Waals surface area contributed by atoms with Crippen molar-refractivity contribution < 1.29 is 4.79 Å². The fraction of sp³-hybridized carbons (Fsp3) is 0.552. The molecule has 2 aromatic heterocycles. The number of carbonyl (C=O) groups is 1. The van der Waals surface area contributed by atoms with Gasteiger partial charge in [-0.15, -0.1) is 11.3 Å². The molecule has 3 aromatic rings. The highest BCUT2D eigenvalue weighted by atomic mass is 32.1. The highest BCUT2D eigenvalue weighted by Gasteiger charge is 2.30. The molecule has 5 rings (SSSR count). The Morgan fingerprint density at radius 1 is 0.971 bits per heavy atom. The molecule has 2 atom stereocenters. The smallest absolute Gasteiger partial charge is 0.230 e. The number of hydrogen-bond acceptors (Lipinski definition) is 5. The van der Waals surface area contributed by atoms with Crippen molar-refractivity contribution in [1.29, 1.82) is 0 Å². The van der Waals surface area contributed by atoms with Crippen molar-refractivity contribution in [3.05, 3.63) is 52.2 Å². The Labute approximate surface area is 213 Å². The minimum absolute atomic E-state index is 0.0573. The maximum absolute atomic E-state index is 13.4. The van der Waals surface area contributed by atoms with E-state index >= 15 is 0 Å². The summed E-state index contributed by atoms with van der Waals surface area (Å²) in [4.78, 5) is 30.9. The molecule has 1 fully saturated rings. The summed E-state index contributed by atoms with van der Waals surface area (Å²) in [6.45, 7) is 9.71. The lowest BCUT2D eigenvalue weighted by molar-refractivity contribution is -0.133. The van der Waals surface area contributed by atoms with E-state index in [0.717, 1.165) is 62.6 Å². The minimum atomic E-state index is -0.0573. The Hall–Kier alpha value is -2.47. The number of thiophene rings is 1. The van der Waals surface area contributed by atoms with Gasteiger partial charge >= 0.3 is 0 Å². The van der Waals surface area contributed by atoms with E-state index < -0.39 is 0 Å². The number of anilines is 1. The molecule has 1 aliphatic carbocycles. The molecule has 186 valence electrons. The molecular formula is C29H38N4OS. The third-order valence-electron chi connectivity index (χ3n) is 7.92. The van der Waals surface area contributed by atoms with Gasteiger partial charge in [-0.25, -0.2) is 9.97 Å². The van der Waals surface area contributed by atoms with Gasteiger partial charge in [0.25, 0.3) is 0 Å². The topological polar surface area (TPSA) is 49.3 Å². The van der Waals surface area contributed by atoms with Gasteiger partial charge in [0.15, 0.2) is 0 Å². The molecule has 3 heterocycles. The zero-order valence-corrected chi connectivity index (χ0v) is 22.2. The molecule has 5 nitrogen and oxygen atoms in total. The van der Waals surface area contributed by atoms with Crippen LogP contribution in [0.2, 0.25) is 0 Å². The highest BCUT2D eigenvalue weighted by molar-refractivity contribution is 7.19. The van der Waals surface area contributed by atoms with Gasteiger partial charge < -0.3 is 9.80 Å². The fourth-order valence-corrected chi connectivity index (χ4v) is 6.82. The Morgan fingerprint density at radius 3 is 2.43 bits per heavy atom. The maximum atomic E-state index is 13.4. The second-order valence-corrected chi connectivity index (χ2v) is 11.2. The average molecular weight is 491 g/mol. The zero-order chi connectivity index (χ0) is 24.4. The summed E-state index contributed by atoms with van der Waals surface area (Å²) in [6.07, 6.45) is 8.03. The van der Waals surface area contributed by atoms with E-state index in [4.69, 9.17) is 9.97 Å². The predicted molar refractivity (Wildman–Crippen MR) is 146 cm³/mol. The minimum Gasteiger partial charge on any atom is -0.352 e. The molecule has 0 N–H and O–H groups in total. The summed E-state index contributed by atoms with van der Waals surface area (Å²) in [6, 6.07) is 10.2. The normalized spacial score (nSPS) is 18.3. The highest BCUT2D eigenvalue weighted by Crippen LogP contribution is 2.40. The summed E-state index contributed by atoms with van der Waals surface area (Å²) in [5.41, 5.74) is 2.63. The van der Waals surface area contributed by atoms with Crippen LogP contribution in [-0.2, 0) is 17.6 Å². The number of carbonyl (C=O) groups excluding carboxylic acids is 1. The predicted octanol–water partition coefficient (Wildman–Crippen LogP) is 6.32. The van der Waals surface area contributed by atoms with Crippen molar-refractivity contribution in [2.45, 2.75) is 77.6 Å². The summed E-state index contributed by atoms with van der Waals surface area (Å²) in [5.74, 6) is 2.64. The number of fused-ring (bicyclic) bond motifs is 3. The molecule has 0 radical (unpaired) electrons. The van der Waals surface area contributed by atoms with Gasteiger partial charge in [-0.2, -0.15) is 0 Å². The molecule has 1 saturated heterocycles. The van der Waals surface area contributed by atoms with Crippen molar-refractivity contribution in [2.24, 2.45) is 0 Å². The number of piperazine rings is 1. The van der Waals surface area contributed by atoms with E-state index in [-0.39, 0.29) is 11.8 Å². The van der Waals surface area contributed by atoms with Crippen LogP contribution >= 0.6 is 11.3 Å². The van der Waals surface area contributed by atoms with Crippen LogP contribution in [0.5, 0.6) is 0 Å². The maximum Gasteiger partial charge on any atom is 0.230 e. The summed E-state index contributed by atoms with van der Waals surface area (Å²) in [7, 11) is 0. The molecule has 6 heteroatoms. The first-order valence-electron chi connectivity index (χ1n) is 13.5. The van der Waals surface area contributed by atoms with Gasteiger partial charge in [0.2, 0.25) is 5.91 Å². The number of aryl methyl sites for hydroxylation is 2. The Morgan fingerprint density at radius 2 is 1.71 bits per heavy atom. The first kappa shape index (κ1) is 24.2. The fourth-order valence-electron chi connectivity index (χ4n) is 5.56. The largest absolute Gasteiger partial charge is 0.352 e. The van der Waals surface area contributed by atoms with Crippen LogP contribution in [0.25, 0.3) is 10.2 Å². The van der Waals surface area contributed by atoms with Crippen molar-refractivity contribution in [3.8, 4) is 0 Å². The monoisotopic (exact) mass is 490 g/mol. The molecule has 2 aliphatic rings. The van der Waals surface area contributed by atoms with Gasteiger partial charge in [0.1, 0.15) is 16.5 Å². The molecule has 35 heavy (non-hydrogen) atoms. The van der Waals surface area contributed by atoms with Crippen LogP contribution in [0.15, 0.2) is 30.3 Å². The second kappa shape index (κ2) is 10.7. The van der Waals surface area contributed by atoms with Crippen molar-refractivity contribution in [1.82, 2.24) is 14.9 Å². The van der Waals surface area contributed by atoms with Gasteiger partial charge in [0.05, 0.1) is 11.3 Å². The first-order valence-corrected chi connectivity index (χ1v) is 14.3. The molecule has 1 amide bonds. The number of nitrogens with zero attached hydrogens (tertiary/aromatic N) is 4. The Kier molecular flexibility index (Phi) is 7.37. The lowest BCUT2D eigenvalue weighted by Crippen LogP contribution is -2.50. The summed E-state index contributed by atoms with van der Waals surface area (Å²) >= 11 is 1.90. The van der Waals surface area contributed by atoms with E-state index in [2.05, 4.69) is 42.7 Å². The van der Waals surface area contributed by atoms with Crippen LogP contribution in [-0.4, -0.2) is 47.0 Å². The van der Waals surface area contributed by atoms with Crippen LogP contribution in [0.3, 0.4) is 0 Å². The third kappa shape index (κ3) is 4.82. The van der Waals surface area contributed by atoms with Crippen LogP contribution in [0.1, 0.15) is 86.5 Å². The van der Waals surface area contributed by atoms with E-state index in [0.29, 0.717) is 5.92 Å². The van der Waals surface area contributed by atoms with E-state index in [9.17, 15) is 4.79 Å². The number of rotatable bonds is 6. The van der Waals surface area contributed by atoms with Gasteiger partial charge in [-0.05, 0) is 49.7 Å². The quantitative estimate of drug-likeness (QED) is 0.380. The van der Waals surface area contributed by atoms with Crippen molar-refractivity contribution in [3.63, 3.8) is 0 Å². The van der Waals surface area contributed by atoms with Gasteiger partial charge in [0, 0.05) is 37.0 Å². The van der Waals surface area contributed by atoms with E-state index in [1.54, 1.807) is 0 Å². The Balaban J connectivity index is 1.42. The van der Waals surface area contributed by atoms with Crippen molar-refractivity contribution in [2.75, 3.05) is 31.1 Å². The molecule has 0 saturated carbocycles. The van der Waals surface area contributed by atoms with Crippen LogP contribution in [0.4, 0.5) is 5.82 Å². The lowest BCUT2D eigenvalue weighted by Gasteiger charge is -2.37. The van der Waals surface area contributed by atoms with Crippen molar-refractivity contribution >= 4 is 33.3 Å². The molecule has 0 spiro atoms. The number of aromatic nitrogens is 2. The van der Waals surface area contributed by atoms with E-state index in [1.165, 1.54) is 46.3 Å². The Bertz CT molecular complexity index is 1170. The number of benzene rings is 1. The van der Waals surface area contributed by atoms with Gasteiger partial charge in [-0.1, -0.05) is 57.5 Å². The van der Waals surface area contributed by atoms with Crippen LogP contribution < -0.4 is 4.90 Å². The second-order valence-electron chi connectivity index (χ2n) is 10.1. The SMILES string of the molecule is CC[C@@H](C)c1nc(N2CCN(C(=O)[C@H](CC)c3ccccc3)CC2)c2c3c(sc2n1)CCCCC3. The van der Waals surface area contributed by atoms with Gasteiger partial charge in [-0.3, -0.25) is 4.79 Å². The molecule has 1 aromatic carbocycles. The third-order valence-corrected chi connectivity index (χ3v) is 9.10. The molecule has 0 unspecified atom stereocenters. The lowest BCUT2D eigenvalue weighted by atomic mass is 9.95. The van der Waals surface area contributed by atoms with Crippen LogP contribution in [0, 0.1) is 0 Å². The average Bonchev–Trinajstić information content (AvgIpc) is 3.09. The number of hydrogen-bond donors (Lipinski definition) is 0. The first-order chi connectivity index (χ1) is 17.1. The molecule has 1 aliphatic heterocycles. The van der Waals surface area contributed by atoms with E-state index in [1.807, 2.05) is 29.5 Å². The standard InChI is InChI=1S/C29H38N4OS/c1-4-20(3)26-30-27(25-23-14-10-7-11-15-24(23)35-28(25)31-26)32-16-18-33(19-17-32)29(34)22(5-2)21-12-8-6-9-13-21/h6,8-9,12-13,20,22H,4-5,7,10-11,14-19H2,1-3H3/t20-,22-/m1/s1.